The van der Waals surface area contributed by atoms with Gasteiger partial charge in [-0.25, -0.2) is 9.97 Å². The van der Waals surface area contributed by atoms with Crippen LogP contribution in [0.25, 0.3) is 11.0 Å². The van der Waals surface area contributed by atoms with E-state index in [-0.39, 0.29) is 0 Å². The lowest BCUT2D eigenvalue weighted by Crippen LogP contribution is -2.09. The van der Waals surface area contributed by atoms with E-state index in [0.717, 1.165) is 16.6 Å². The highest BCUT2D eigenvalue weighted by atomic mass is 16.3. The molecule has 0 fully saturated rings. The lowest BCUT2D eigenvalue weighted by molar-refractivity contribution is 0.171. The molecule has 0 aliphatic carbocycles. The first-order chi connectivity index (χ1) is 10.3. The number of fused-ring (bicyclic) bond motifs is 1. The van der Waals surface area contributed by atoms with Crippen molar-refractivity contribution in [2.45, 2.75) is 12.5 Å². The molecule has 3 rings (SSSR count). The lowest BCUT2D eigenvalue weighted by atomic mass is 10.1. The van der Waals surface area contributed by atoms with E-state index < -0.39 is 6.10 Å². The van der Waals surface area contributed by atoms with Crippen molar-refractivity contribution in [3.63, 3.8) is 0 Å². The summed E-state index contributed by atoms with van der Waals surface area (Å²) in [5.74, 6) is 0.695. The normalized spacial score (nSPS) is 12.2. The van der Waals surface area contributed by atoms with Crippen LogP contribution < -0.4 is 5.32 Å². The molecule has 0 saturated carbocycles. The quantitative estimate of drug-likeness (QED) is 0.751. The molecular formula is C16H16N4O. The van der Waals surface area contributed by atoms with Gasteiger partial charge in [-0.05, 0) is 18.1 Å². The Bertz CT molecular complexity index is 712. The number of anilines is 1. The van der Waals surface area contributed by atoms with Gasteiger partial charge in [0.25, 0.3) is 0 Å². The number of aliphatic hydroxyl groups excluding tert-OH is 1. The molecule has 0 saturated heterocycles. The summed E-state index contributed by atoms with van der Waals surface area (Å²) in [5.41, 5.74) is 2.47. The molecule has 5 heteroatoms. The average molecular weight is 280 g/mol. The van der Waals surface area contributed by atoms with Crippen LogP contribution in [0.3, 0.4) is 0 Å². The molecule has 2 aromatic heterocycles. The predicted octanol–water partition coefficient (Wildman–Crippen LogP) is 2.56. The molecule has 0 spiro atoms. The van der Waals surface area contributed by atoms with E-state index in [2.05, 4.69) is 20.3 Å². The second-order valence-electron chi connectivity index (χ2n) is 4.73. The Hall–Kier alpha value is -2.53. The second-order valence-corrected chi connectivity index (χ2v) is 4.73. The third-order valence-corrected chi connectivity index (χ3v) is 3.28. The van der Waals surface area contributed by atoms with Crippen LogP contribution in [0.2, 0.25) is 0 Å². The maximum atomic E-state index is 10.1. The fourth-order valence-electron chi connectivity index (χ4n) is 2.20. The van der Waals surface area contributed by atoms with E-state index in [1.54, 1.807) is 18.6 Å². The Morgan fingerprint density at radius 3 is 2.62 bits per heavy atom. The highest BCUT2D eigenvalue weighted by Gasteiger charge is 2.08. The minimum Gasteiger partial charge on any atom is -0.388 e. The molecule has 0 aliphatic heterocycles. The Labute approximate surface area is 122 Å². The molecule has 1 atom stereocenters. The average Bonchev–Trinajstić information content (AvgIpc) is 2.56. The first-order valence-electron chi connectivity index (χ1n) is 6.87. The zero-order valence-electron chi connectivity index (χ0n) is 11.5. The maximum absolute atomic E-state index is 10.1. The van der Waals surface area contributed by atoms with E-state index in [4.69, 9.17) is 0 Å². The van der Waals surface area contributed by atoms with Gasteiger partial charge in [0.1, 0.15) is 5.52 Å². The number of nitrogens with zero attached hydrogens (tertiary/aromatic N) is 3. The van der Waals surface area contributed by atoms with Gasteiger partial charge in [0.05, 0.1) is 11.6 Å². The van der Waals surface area contributed by atoms with Gasteiger partial charge in [0, 0.05) is 25.1 Å². The van der Waals surface area contributed by atoms with Crippen molar-refractivity contribution in [1.29, 1.82) is 0 Å². The zero-order chi connectivity index (χ0) is 14.5. The van der Waals surface area contributed by atoms with Crippen molar-refractivity contribution < 1.29 is 5.11 Å². The standard InChI is InChI=1S/C16H16N4O/c21-14(12-4-2-1-3-5-12)7-9-20-16-15-13(6-8-19-16)17-10-11-18-15/h1-6,8,10-11,14,21H,7,9H2,(H,19,20). The fourth-order valence-corrected chi connectivity index (χ4v) is 2.20. The van der Waals surface area contributed by atoms with Crippen LogP contribution in [0, 0.1) is 0 Å². The number of aromatic nitrogens is 3. The summed E-state index contributed by atoms with van der Waals surface area (Å²) in [4.78, 5) is 12.8. The smallest absolute Gasteiger partial charge is 0.154 e. The van der Waals surface area contributed by atoms with Gasteiger partial charge in [-0.2, -0.15) is 0 Å². The summed E-state index contributed by atoms with van der Waals surface area (Å²) in [6.45, 7) is 0.610. The van der Waals surface area contributed by atoms with Crippen LogP contribution in [0.4, 0.5) is 5.82 Å². The molecular weight excluding hydrogens is 264 g/mol. The van der Waals surface area contributed by atoms with Crippen LogP contribution in [-0.2, 0) is 0 Å². The van der Waals surface area contributed by atoms with Crippen molar-refractivity contribution in [3.8, 4) is 0 Å². The summed E-state index contributed by atoms with van der Waals surface area (Å²) < 4.78 is 0. The van der Waals surface area contributed by atoms with Gasteiger partial charge in [-0.1, -0.05) is 30.3 Å². The summed E-state index contributed by atoms with van der Waals surface area (Å²) >= 11 is 0. The van der Waals surface area contributed by atoms with Crippen LogP contribution >= 0.6 is 0 Å². The van der Waals surface area contributed by atoms with Crippen molar-refractivity contribution in [2.75, 3.05) is 11.9 Å². The number of hydrogen-bond donors (Lipinski definition) is 2. The van der Waals surface area contributed by atoms with Crippen molar-refractivity contribution in [1.82, 2.24) is 15.0 Å². The molecule has 2 N–H and O–H groups in total. The number of hydrogen-bond acceptors (Lipinski definition) is 5. The SMILES string of the molecule is OC(CCNc1nccc2nccnc12)c1ccccc1. The third-order valence-electron chi connectivity index (χ3n) is 3.28. The van der Waals surface area contributed by atoms with E-state index in [9.17, 15) is 5.11 Å². The van der Waals surface area contributed by atoms with Crippen LogP contribution in [0.1, 0.15) is 18.1 Å². The van der Waals surface area contributed by atoms with Gasteiger partial charge in [0.15, 0.2) is 5.82 Å². The Balaban J connectivity index is 1.65. The first kappa shape index (κ1) is 13.5. The van der Waals surface area contributed by atoms with Gasteiger partial charge in [-0.3, -0.25) is 4.98 Å². The molecule has 21 heavy (non-hydrogen) atoms. The van der Waals surface area contributed by atoms with E-state index in [0.29, 0.717) is 18.8 Å². The summed E-state index contributed by atoms with van der Waals surface area (Å²) in [7, 11) is 0. The number of nitrogens with one attached hydrogen (secondary N) is 1. The van der Waals surface area contributed by atoms with E-state index >= 15 is 0 Å². The third kappa shape index (κ3) is 3.14. The largest absolute Gasteiger partial charge is 0.388 e. The van der Waals surface area contributed by atoms with Crippen molar-refractivity contribution in [3.05, 3.63) is 60.6 Å². The van der Waals surface area contributed by atoms with Gasteiger partial charge in [0.2, 0.25) is 0 Å². The van der Waals surface area contributed by atoms with Gasteiger partial charge >= 0.3 is 0 Å². The van der Waals surface area contributed by atoms with Crippen LogP contribution in [0.15, 0.2) is 55.0 Å². The number of pyridine rings is 1. The zero-order valence-corrected chi connectivity index (χ0v) is 11.5. The van der Waals surface area contributed by atoms with Crippen LogP contribution in [0.5, 0.6) is 0 Å². The summed E-state index contributed by atoms with van der Waals surface area (Å²) in [6, 6.07) is 11.5. The molecule has 1 unspecified atom stereocenters. The Morgan fingerprint density at radius 2 is 1.76 bits per heavy atom. The van der Waals surface area contributed by atoms with Gasteiger partial charge < -0.3 is 10.4 Å². The molecule has 3 aromatic rings. The first-order valence-corrected chi connectivity index (χ1v) is 6.87. The summed E-state index contributed by atoms with van der Waals surface area (Å²) in [6.07, 6.45) is 5.12. The highest BCUT2D eigenvalue weighted by molar-refractivity contribution is 5.84. The number of aliphatic hydroxyl groups is 1. The number of benzene rings is 1. The van der Waals surface area contributed by atoms with E-state index in [1.807, 2.05) is 36.4 Å². The molecule has 2 heterocycles. The van der Waals surface area contributed by atoms with Crippen molar-refractivity contribution in [2.24, 2.45) is 0 Å². The molecule has 0 aliphatic rings. The molecule has 0 amide bonds. The topological polar surface area (TPSA) is 70.9 Å². The molecule has 5 nitrogen and oxygen atoms in total. The van der Waals surface area contributed by atoms with E-state index in [1.165, 1.54) is 0 Å². The second kappa shape index (κ2) is 6.28. The summed E-state index contributed by atoms with van der Waals surface area (Å²) in [5, 5.41) is 13.3. The maximum Gasteiger partial charge on any atom is 0.154 e. The molecule has 1 aromatic carbocycles. The fraction of sp³-hybridized carbons (Fsp3) is 0.188. The predicted molar refractivity (Wildman–Crippen MR) is 81.8 cm³/mol. The Morgan fingerprint density at radius 1 is 0.952 bits per heavy atom. The van der Waals surface area contributed by atoms with Gasteiger partial charge in [-0.15, -0.1) is 0 Å². The molecule has 0 bridgehead atoms. The van der Waals surface area contributed by atoms with Crippen LogP contribution in [-0.4, -0.2) is 26.6 Å². The highest BCUT2D eigenvalue weighted by Crippen LogP contribution is 2.18. The molecule has 106 valence electrons. The molecule has 0 radical (unpaired) electrons. The minimum atomic E-state index is -0.486. The lowest BCUT2D eigenvalue weighted by Gasteiger charge is -2.12. The number of rotatable bonds is 5. The van der Waals surface area contributed by atoms with Crippen molar-refractivity contribution >= 4 is 16.9 Å². The minimum absolute atomic E-state index is 0.486. The monoisotopic (exact) mass is 280 g/mol. The Kier molecular flexibility index (Phi) is 4.02.